The van der Waals surface area contributed by atoms with Gasteiger partial charge in [0.15, 0.2) is 15.0 Å². The van der Waals surface area contributed by atoms with Crippen molar-refractivity contribution in [3.8, 4) is 0 Å². The lowest BCUT2D eigenvalue weighted by Gasteiger charge is -2.26. The Kier molecular flexibility index (Phi) is 5.38. The number of benzene rings is 2. The zero-order valence-corrected chi connectivity index (χ0v) is 17.9. The zero-order chi connectivity index (χ0) is 19.2. The molecule has 4 nitrogen and oxygen atoms in total. The fourth-order valence-electron chi connectivity index (χ4n) is 3.34. The van der Waals surface area contributed by atoms with Crippen LogP contribution in [0.4, 0.5) is 5.69 Å². The number of aliphatic imine (C=N–C) groups is 1. The summed E-state index contributed by atoms with van der Waals surface area (Å²) in [6.45, 7) is 0. The molecule has 1 fully saturated rings. The molecule has 1 saturated heterocycles. The molecule has 2 heterocycles. The average molecular weight is 462 g/mol. The molecule has 0 aliphatic carbocycles. The van der Waals surface area contributed by atoms with Crippen LogP contribution in [-0.2, 0) is 15.6 Å². The first-order valence-corrected chi connectivity index (χ1v) is 12.2. The summed E-state index contributed by atoms with van der Waals surface area (Å²) in [4.78, 5) is 6.72. The van der Waals surface area contributed by atoms with Crippen molar-refractivity contribution in [1.82, 2.24) is 0 Å². The van der Waals surface area contributed by atoms with Gasteiger partial charge in [-0.25, -0.2) is 8.42 Å². The second-order valence-corrected chi connectivity index (χ2v) is 10.9. The summed E-state index contributed by atoms with van der Waals surface area (Å²) in [5.41, 5.74) is 1.88. The predicted molar refractivity (Wildman–Crippen MR) is 115 cm³/mol. The number of rotatable bonds is 3. The van der Waals surface area contributed by atoms with E-state index < -0.39 is 9.84 Å². The Labute approximate surface area is 177 Å². The van der Waals surface area contributed by atoms with E-state index in [1.807, 2.05) is 35.2 Å². The molecule has 0 spiro atoms. The number of fused-ring (bicyclic) bond motifs is 1. The molecule has 0 unspecified atom stereocenters. The molecule has 4 rings (SSSR count). The van der Waals surface area contributed by atoms with Gasteiger partial charge in [0.2, 0.25) is 0 Å². The summed E-state index contributed by atoms with van der Waals surface area (Å²) >= 11 is 19.8. The molecule has 2 aromatic carbocycles. The molecule has 0 amide bonds. The van der Waals surface area contributed by atoms with Crippen LogP contribution in [0.2, 0.25) is 15.1 Å². The maximum Gasteiger partial charge on any atom is 0.164 e. The highest BCUT2D eigenvalue weighted by Crippen LogP contribution is 2.37. The highest BCUT2D eigenvalue weighted by atomic mass is 35.5. The van der Waals surface area contributed by atoms with Crippen LogP contribution in [0.1, 0.15) is 5.56 Å². The van der Waals surface area contributed by atoms with Crippen molar-refractivity contribution in [2.24, 2.45) is 4.99 Å². The molecule has 142 valence electrons. The molecule has 2 atom stereocenters. The van der Waals surface area contributed by atoms with Gasteiger partial charge in [-0.3, -0.25) is 4.99 Å². The number of hydrogen-bond donors (Lipinski definition) is 0. The number of hydrogen-bond acceptors (Lipinski definition) is 5. The quantitative estimate of drug-likeness (QED) is 0.651. The van der Waals surface area contributed by atoms with E-state index in [4.69, 9.17) is 39.8 Å². The summed E-state index contributed by atoms with van der Waals surface area (Å²) in [7, 11) is -3.08. The summed E-state index contributed by atoms with van der Waals surface area (Å²) in [6, 6.07) is 12.5. The summed E-state index contributed by atoms with van der Waals surface area (Å²) in [6.07, 6.45) is 0. The minimum absolute atomic E-state index is 0.0889. The van der Waals surface area contributed by atoms with E-state index >= 15 is 0 Å². The average Bonchev–Trinajstić information content (AvgIpc) is 3.07. The summed E-state index contributed by atoms with van der Waals surface area (Å²) in [5, 5.41) is 2.43. The van der Waals surface area contributed by atoms with E-state index in [-0.39, 0.29) is 23.6 Å². The highest BCUT2D eigenvalue weighted by molar-refractivity contribution is 8.13. The third-order valence-corrected chi connectivity index (χ3v) is 8.26. The van der Waals surface area contributed by atoms with Gasteiger partial charge >= 0.3 is 0 Å². The first-order valence-electron chi connectivity index (χ1n) is 8.22. The van der Waals surface area contributed by atoms with Crippen LogP contribution in [0.3, 0.4) is 0 Å². The SMILES string of the molecule is O=S1(=O)C[C@@H]2[C@@H](C1)N=C(SCc1ccc(Cl)c(Cl)c1)N2c1cccc(Cl)c1. The van der Waals surface area contributed by atoms with Crippen LogP contribution < -0.4 is 4.90 Å². The molecule has 0 N–H and O–H groups in total. The standard InChI is InChI=1S/C18H15Cl3N2O2S2/c19-12-2-1-3-13(7-12)23-17-10-27(24,25)9-16(17)22-18(23)26-8-11-4-5-14(20)15(21)6-11/h1-7,16-17H,8-10H2/t16-,17-/m1/s1. The lowest BCUT2D eigenvalue weighted by atomic mass is 10.1. The lowest BCUT2D eigenvalue weighted by Crippen LogP contribution is -2.39. The molecule has 2 aliphatic rings. The predicted octanol–water partition coefficient (Wildman–Crippen LogP) is 4.92. The Bertz CT molecular complexity index is 1030. The Morgan fingerprint density at radius 1 is 1.07 bits per heavy atom. The van der Waals surface area contributed by atoms with Crippen LogP contribution >= 0.6 is 46.6 Å². The summed E-state index contributed by atoms with van der Waals surface area (Å²) in [5.74, 6) is 0.842. The first kappa shape index (κ1) is 19.4. The van der Waals surface area contributed by atoms with Gasteiger partial charge in [0.1, 0.15) is 0 Å². The molecule has 2 aromatic rings. The van der Waals surface area contributed by atoms with Gasteiger partial charge in [-0.05, 0) is 35.9 Å². The van der Waals surface area contributed by atoms with Crippen molar-refractivity contribution in [3.63, 3.8) is 0 Å². The number of halogens is 3. The molecular weight excluding hydrogens is 447 g/mol. The zero-order valence-electron chi connectivity index (χ0n) is 14.0. The first-order chi connectivity index (χ1) is 12.8. The minimum Gasteiger partial charge on any atom is -0.315 e. The van der Waals surface area contributed by atoms with Crippen molar-refractivity contribution in [2.75, 3.05) is 16.4 Å². The normalized spacial score (nSPS) is 23.4. The fourth-order valence-corrected chi connectivity index (χ4v) is 6.75. The number of anilines is 1. The number of sulfone groups is 1. The van der Waals surface area contributed by atoms with E-state index in [0.717, 1.165) is 16.4 Å². The number of nitrogens with zero attached hydrogens (tertiary/aromatic N) is 2. The van der Waals surface area contributed by atoms with Crippen molar-refractivity contribution in [2.45, 2.75) is 17.8 Å². The van der Waals surface area contributed by atoms with E-state index in [9.17, 15) is 8.42 Å². The molecule has 9 heteroatoms. The largest absolute Gasteiger partial charge is 0.315 e. The van der Waals surface area contributed by atoms with Gasteiger partial charge < -0.3 is 4.90 Å². The maximum absolute atomic E-state index is 12.1. The topological polar surface area (TPSA) is 49.7 Å². The third kappa shape index (κ3) is 4.10. The third-order valence-electron chi connectivity index (χ3n) is 4.55. The van der Waals surface area contributed by atoms with E-state index in [0.29, 0.717) is 20.8 Å². The van der Waals surface area contributed by atoms with Crippen LogP contribution in [0.5, 0.6) is 0 Å². The molecule has 2 aliphatic heterocycles. The van der Waals surface area contributed by atoms with Crippen molar-refractivity contribution in [3.05, 3.63) is 63.1 Å². The summed E-state index contributed by atoms with van der Waals surface area (Å²) < 4.78 is 24.2. The fraction of sp³-hybridized carbons (Fsp3) is 0.278. The molecule has 27 heavy (non-hydrogen) atoms. The van der Waals surface area contributed by atoms with Gasteiger partial charge in [0.05, 0.1) is 33.6 Å². The molecule has 0 aromatic heterocycles. The number of thioether (sulfide) groups is 1. The van der Waals surface area contributed by atoms with Gasteiger partial charge in [-0.1, -0.05) is 58.7 Å². The monoisotopic (exact) mass is 460 g/mol. The van der Waals surface area contributed by atoms with Gasteiger partial charge in [0, 0.05) is 16.5 Å². The molecule has 0 radical (unpaired) electrons. The van der Waals surface area contributed by atoms with E-state index in [1.165, 1.54) is 0 Å². The minimum atomic E-state index is -3.08. The smallest absolute Gasteiger partial charge is 0.164 e. The van der Waals surface area contributed by atoms with Crippen LogP contribution in [0.15, 0.2) is 47.5 Å². The number of amidine groups is 1. The van der Waals surface area contributed by atoms with Crippen molar-refractivity contribution in [1.29, 1.82) is 0 Å². The molecular formula is C18H15Cl3N2O2S2. The Morgan fingerprint density at radius 3 is 2.63 bits per heavy atom. The Hall–Kier alpha value is -0.920. The lowest BCUT2D eigenvalue weighted by molar-refractivity contribution is 0.601. The van der Waals surface area contributed by atoms with Gasteiger partial charge in [-0.15, -0.1) is 0 Å². The second kappa shape index (κ2) is 7.48. The van der Waals surface area contributed by atoms with Crippen molar-refractivity contribution >= 4 is 67.3 Å². The highest BCUT2D eigenvalue weighted by Gasteiger charge is 2.47. The molecule has 0 bridgehead atoms. The maximum atomic E-state index is 12.1. The van der Waals surface area contributed by atoms with E-state index in [1.54, 1.807) is 23.9 Å². The van der Waals surface area contributed by atoms with Crippen LogP contribution in [0.25, 0.3) is 0 Å². The Morgan fingerprint density at radius 2 is 1.89 bits per heavy atom. The second-order valence-electron chi connectivity index (χ2n) is 6.51. The van der Waals surface area contributed by atoms with Gasteiger partial charge in [0.25, 0.3) is 0 Å². The van der Waals surface area contributed by atoms with Crippen molar-refractivity contribution < 1.29 is 8.42 Å². The van der Waals surface area contributed by atoms with Crippen LogP contribution in [0, 0.1) is 0 Å². The Balaban J connectivity index is 1.62. The van der Waals surface area contributed by atoms with Crippen LogP contribution in [-0.4, -0.2) is 37.2 Å². The van der Waals surface area contributed by atoms with Gasteiger partial charge in [-0.2, -0.15) is 0 Å². The van der Waals surface area contributed by atoms with E-state index in [2.05, 4.69) is 0 Å². The molecule has 0 saturated carbocycles.